The quantitative estimate of drug-likeness (QED) is 0.942. The average Bonchev–Trinajstić information content (AvgIpc) is 2.37. The summed E-state index contributed by atoms with van der Waals surface area (Å²) in [6.07, 6.45) is 1.48. The first kappa shape index (κ1) is 13.6. The van der Waals surface area contributed by atoms with Gasteiger partial charge in [0, 0.05) is 23.5 Å². The van der Waals surface area contributed by atoms with Gasteiger partial charge in [-0.3, -0.25) is 4.79 Å². The SMILES string of the molecule is COc1ccc(Cn2cc(N)cc(Br)c2=O)c(F)c1. The minimum Gasteiger partial charge on any atom is -0.497 e. The second-order valence-corrected chi connectivity index (χ2v) is 4.87. The van der Waals surface area contributed by atoms with Gasteiger partial charge in [0.1, 0.15) is 11.6 Å². The average molecular weight is 327 g/mol. The number of halogens is 2. The number of aromatic nitrogens is 1. The van der Waals surface area contributed by atoms with E-state index < -0.39 is 5.82 Å². The fraction of sp³-hybridized carbons (Fsp3) is 0.154. The molecule has 1 aromatic carbocycles. The predicted molar refractivity (Wildman–Crippen MR) is 74.9 cm³/mol. The lowest BCUT2D eigenvalue weighted by molar-refractivity contribution is 0.410. The Labute approximate surface area is 117 Å². The molecule has 100 valence electrons. The summed E-state index contributed by atoms with van der Waals surface area (Å²) >= 11 is 3.12. The molecule has 0 saturated carbocycles. The Hall–Kier alpha value is -1.82. The van der Waals surface area contributed by atoms with Crippen molar-refractivity contribution in [3.05, 3.63) is 56.7 Å². The fourth-order valence-corrected chi connectivity index (χ4v) is 2.20. The van der Waals surface area contributed by atoms with E-state index in [1.807, 2.05) is 0 Å². The van der Waals surface area contributed by atoms with E-state index in [-0.39, 0.29) is 12.1 Å². The number of rotatable bonds is 3. The van der Waals surface area contributed by atoms with E-state index in [1.165, 1.54) is 30.0 Å². The van der Waals surface area contributed by atoms with Crippen molar-refractivity contribution < 1.29 is 9.13 Å². The normalized spacial score (nSPS) is 10.5. The van der Waals surface area contributed by atoms with Crippen molar-refractivity contribution >= 4 is 21.6 Å². The van der Waals surface area contributed by atoms with Crippen molar-refractivity contribution in [3.8, 4) is 5.75 Å². The van der Waals surface area contributed by atoms with Crippen LogP contribution in [0.1, 0.15) is 5.56 Å². The van der Waals surface area contributed by atoms with E-state index >= 15 is 0 Å². The third-order valence-corrected chi connectivity index (χ3v) is 3.23. The molecule has 0 fully saturated rings. The van der Waals surface area contributed by atoms with Gasteiger partial charge in [-0.2, -0.15) is 0 Å². The minimum atomic E-state index is -0.426. The molecular formula is C13H12BrFN2O2. The zero-order valence-corrected chi connectivity index (χ0v) is 11.8. The largest absolute Gasteiger partial charge is 0.497 e. The molecule has 2 rings (SSSR count). The highest BCUT2D eigenvalue weighted by molar-refractivity contribution is 9.10. The number of pyridine rings is 1. The number of nitrogen functional groups attached to an aromatic ring is 1. The van der Waals surface area contributed by atoms with Gasteiger partial charge < -0.3 is 15.0 Å². The zero-order valence-electron chi connectivity index (χ0n) is 10.2. The Kier molecular flexibility index (Phi) is 3.90. The predicted octanol–water partition coefficient (Wildman–Crippen LogP) is 2.39. The van der Waals surface area contributed by atoms with Crippen LogP contribution < -0.4 is 16.0 Å². The van der Waals surface area contributed by atoms with Crippen LogP contribution in [0.4, 0.5) is 10.1 Å². The van der Waals surface area contributed by atoms with Crippen molar-refractivity contribution in [2.75, 3.05) is 12.8 Å². The van der Waals surface area contributed by atoms with Crippen molar-refractivity contribution in [1.29, 1.82) is 0 Å². The molecule has 0 aliphatic heterocycles. The molecule has 6 heteroatoms. The second-order valence-electron chi connectivity index (χ2n) is 4.01. The maximum Gasteiger partial charge on any atom is 0.265 e. The van der Waals surface area contributed by atoms with Crippen LogP contribution in [0.5, 0.6) is 5.75 Å². The monoisotopic (exact) mass is 326 g/mol. The Balaban J connectivity index is 2.39. The first-order valence-electron chi connectivity index (χ1n) is 5.49. The van der Waals surface area contributed by atoms with E-state index in [2.05, 4.69) is 15.9 Å². The smallest absolute Gasteiger partial charge is 0.265 e. The van der Waals surface area contributed by atoms with Gasteiger partial charge in [-0.25, -0.2) is 4.39 Å². The summed E-state index contributed by atoms with van der Waals surface area (Å²) in [4.78, 5) is 11.9. The van der Waals surface area contributed by atoms with Gasteiger partial charge in [0.25, 0.3) is 5.56 Å². The first-order valence-corrected chi connectivity index (χ1v) is 6.28. The molecule has 4 nitrogen and oxygen atoms in total. The molecule has 1 aromatic heterocycles. The van der Waals surface area contributed by atoms with Crippen LogP contribution in [0.15, 0.2) is 39.7 Å². The molecule has 0 unspecified atom stereocenters. The van der Waals surface area contributed by atoms with Crippen LogP contribution in [0.2, 0.25) is 0 Å². The number of benzene rings is 1. The number of methoxy groups -OCH3 is 1. The molecule has 19 heavy (non-hydrogen) atoms. The van der Waals surface area contributed by atoms with Crippen LogP contribution >= 0.6 is 15.9 Å². The third-order valence-electron chi connectivity index (χ3n) is 2.66. The number of nitrogens with zero attached hydrogens (tertiary/aromatic N) is 1. The topological polar surface area (TPSA) is 57.2 Å². The van der Waals surface area contributed by atoms with Crippen LogP contribution in [0, 0.1) is 5.82 Å². The number of ether oxygens (including phenoxy) is 1. The summed E-state index contributed by atoms with van der Waals surface area (Å²) in [5, 5.41) is 0. The highest BCUT2D eigenvalue weighted by Gasteiger charge is 2.08. The third kappa shape index (κ3) is 2.96. The molecular weight excluding hydrogens is 315 g/mol. The lowest BCUT2D eigenvalue weighted by Crippen LogP contribution is -2.21. The van der Waals surface area contributed by atoms with Crippen LogP contribution in [0.3, 0.4) is 0 Å². The summed E-state index contributed by atoms with van der Waals surface area (Å²) in [6.45, 7) is 0.109. The standard InChI is InChI=1S/C13H12BrFN2O2/c1-19-10-3-2-8(12(15)5-10)6-17-7-9(16)4-11(14)13(17)18/h2-5,7H,6,16H2,1H3. The molecule has 0 aliphatic rings. The minimum absolute atomic E-state index is 0.109. The summed E-state index contributed by atoms with van der Waals surface area (Å²) in [5.41, 5.74) is 6.22. The molecule has 0 saturated heterocycles. The van der Waals surface area contributed by atoms with E-state index in [9.17, 15) is 9.18 Å². The van der Waals surface area contributed by atoms with Crippen LogP contribution in [-0.4, -0.2) is 11.7 Å². The van der Waals surface area contributed by atoms with Crippen molar-refractivity contribution in [2.24, 2.45) is 0 Å². The zero-order chi connectivity index (χ0) is 14.0. The van der Waals surface area contributed by atoms with Gasteiger partial charge in [0.15, 0.2) is 0 Å². The lowest BCUT2D eigenvalue weighted by atomic mass is 10.2. The Bertz CT molecular complexity index is 670. The van der Waals surface area contributed by atoms with E-state index in [0.29, 0.717) is 21.5 Å². The van der Waals surface area contributed by atoms with Gasteiger partial charge >= 0.3 is 0 Å². The second kappa shape index (κ2) is 5.44. The number of hydrogen-bond donors (Lipinski definition) is 1. The number of hydrogen-bond acceptors (Lipinski definition) is 3. The molecule has 2 N–H and O–H groups in total. The summed E-state index contributed by atoms with van der Waals surface area (Å²) in [5.74, 6) is 0.00662. The van der Waals surface area contributed by atoms with Crippen molar-refractivity contribution in [2.45, 2.75) is 6.54 Å². The molecule has 0 spiro atoms. The van der Waals surface area contributed by atoms with Gasteiger partial charge in [-0.15, -0.1) is 0 Å². The number of nitrogens with two attached hydrogens (primary N) is 1. The maximum atomic E-state index is 13.8. The molecule has 1 heterocycles. The Morgan fingerprint density at radius 3 is 2.79 bits per heavy atom. The summed E-state index contributed by atoms with van der Waals surface area (Å²) < 4.78 is 20.4. The molecule has 2 aromatic rings. The van der Waals surface area contributed by atoms with Crippen molar-refractivity contribution in [1.82, 2.24) is 4.57 Å². The van der Waals surface area contributed by atoms with E-state index in [4.69, 9.17) is 10.5 Å². The molecule has 0 amide bonds. The highest BCUT2D eigenvalue weighted by atomic mass is 79.9. The highest BCUT2D eigenvalue weighted by Crippen LogP contribution is 2.17. The lowest BCUT2D eigenvalue weighted by Gasteiger charge is -2.09. The molecule has 0 radical (unpaired) electrons. The molecule has 0 atom stereocenters. The van der Waals surface area contributed by atoms with Gasteiger partial charge in [-0.1, -0.05) is 6.07 Å². The first-order chi connectivity index (χ1) is 9.01. The summed E-state index contributed by atoms with van der Waals surface area (Å²) in [6, 6.07) is 6.02. The molecule has 0 aliphatic carbocycles. The van der Waals surface area contributed by atoms with Crippen LogP contribution in [0.25, 0.3) is 0 Å². The molecule has 0 bridgehead atoms. The fourth-order valence-electron chi connectivity index (χ4n) is 1.71. The Morgan fingerprint density at radius 2 is 2.16 bits per heavy atom. The summed E-state index contributed by atoms with van der Waals surface area (Å²) in [7, 11) is 1.47. The van der Waals surface area contributed by atoms with E-state index in [0.717, 1.165) is 0 Å². The number of anilines is 1. The van der Waals surface area contributed by atoms with E-state index in [1.54, 1.807) is 12.1 Å². The van der Waals surface area contributed by atoms with Crippen molar-refractivity contribution in [3.63, 3.8) is 0 Å². The van der Waals surface area contributed by atoms with Crippen LogP contribution in [-0.2, 0) is 6.54 Å². The Morgan fingerprint density at radius 1 is 1.42 bits per heavy atom. The van der Waals surface area contributed by atoms with Gasteiger partial charge in [-0.05, 0) is 28.1 Å². The van der Waals surface area contributed by atoms with Gasteiger partial charge in [0.05, 0.1) is 18.1 Å². The maximum absolute atomic E-state index is 13.8. The van der Waals surface area contributed by atoms with Gasteiger partial charge in [0.2, 0.25) is 0 Å².